The van der Waals surface area contributed by atoms with Crippen molar-refractivity contribution < 1.29 is 9.90 Å². The van der Waals surface area contributed by atoms with E-state index in [1.54, 1.807) is 12.1 Å². The number of aromatic hydroxyl groups is 1. The van der Waals surface area contributed by atoms with E-state index < -0.39 is 0 Å². The van der Waals surface area contributed by atoms with Gasteiger partial charge in [0.25, 0.3) is 0 Å². The molecule has 2 fully saturated rings. The fourth-order valence-corrected chi connectivity index (χ4v) is 4.12. The van der Waals surface area contributed by atoms with Gasteiger partial charge < -0.3 is 15.3 Å². The highest BCUT2D eigenvalue weighted by molar-refractivity contribution is 5.76. The maximum atomic E-state index is 12.1. The molecule has 1 heterocycles. The number of hydrogen-bond donors (Lipinski definition) is 2. The Hall–Kier alpha value is -1.55. The summed E-state index contributed by atoms with van der Waals surface area (Å²) >= 11 is 0. The minimum atomic E-state index is 0.120. The second-order valence-corrected chi connectivity index (χ2v) is 7.42. The van der Waals surface area contributed by atoms with Gasteiger partial charge in [0.1, 0.15) is 5.75 Å². The molecule has 1 amide bonds. The molecule has 4 nitrogen and oxygen atoms in total. The normalized spacial score (nSPS) is 22.6. The summed E-state index contributed by atoms with van der Waals surface area (Å²) in [7, 11) is 0. The van der Waals surface area contributed by atoms with Gasteiger partial charge in [-0.1, -0.05) is 31.4 Å². The smallest absolute Gasteiger partial charge is 0.220 e. The van der Waals surface area contributed by atoms with Crippen LogP contribution in [0.4, 0.5) is 0 Å². The topological polar surface area (TPSA) is 52.6 Å². The number of likely N-dealkylation sites (tertiary alicyclic amines) is 1. The highest BCUT2D eigenvalue weighted by Crippen LogP contribution is 2.27. The fraction of sp³-hybridized carbons (Fsp3) is 0.650. The van der Waals surface area contributed by atoms with Crippen molar-refractivity contribution in [1.29, 1.82) is 0 Å². The van der Waals surface area contributed by atoms with E-state index >= 15 is 0 Å². The van der Waals surface area contributed by atoms with Crippen LogP contribution in [0.25, 0.3) is 0 Å². The minimum absolute atomic E-state index is 0.120. The molecule has 0 radical (unpaired) electrons. The Balaban J connectivity index is 1.34. The van der Waals surface area contributed by atoms with Crippen molar-refractivity contribution in [3.63, 3.8) is 0 Å². The van der Waals surface area contributed by atoms with E-state index in [4.69, 9.17) is 0 Å². The molecule has 1 aromatic carbocycles. The van der Waals surface area contributed by atoms with E-state index in [2.05, 4.69) is 10.2 Å². The zero-order chi connectivity index (χ0) is 16.8. The Bertz CT molecular complexity index is 540. The van der Waals surface area contributed by atoms with Crippen LogP contribution in [0.2, 0.25) is 0 Å². The predicted molar refractivity (Wildman–Crippen MR) is 96.0 cm³/mol. The molecule has 3 rings (SSSR count). The van der Waals surface area contributed by atoms with Gasteiger partial charge in [-0.15, -0.1) is 0 Å². The lowest BCUT2D eigenvalue weighted by Crippen LogP contribution is -2.36. The number of phenolic OH excluding ortho intramolecular Hbond substituents is 1. The molecule has 1 saturated carbocycles. The molecule has 0 unspecified atom stereocenters. The quantitative estimate of drug-likeness (QED) is 0.843. The summed E-state index contributed by atoms with van der Waals surface area (Å²) in [5.74, 6) is 0.993. The molecular weight excluding hydrogens is 300 g/mol. The highest BCUT2D eigenvalue weighted by Gasteiger charge is 2.29. The van der Waals surface area contributed by atoms with Gasteiger partial charge in [-0.05, 0) is 55.8 Å². The standard InChI is InChI=1S/C20H30N2O2/c23-19-8-4-5-16(13-19)9-10-20(24)21-14-17-11-12-22(15-17)18-6-2-1-3-7-18/h4-5,8,13,17-18,23H,1-3,6-7,9-12,14-15H2,(H,21,24)/t17-/m1/s1. The van der Waals surface area contributed by atoms with Gasteiger partial charge in [-0.2, -0.15) is 0 Å². The molecule has 4 heteroatoms. The average Bonchev–Trinajstić information content (AvgIpc) is 3.08. The number of amides is 1. The lowest BCUT2D eigenvalue weighted by molar-refractivity contribution is -0.121. The molecular formula is C20H30N2O2. The third kappa shape index (κ3) is 4.97. The molecule has 1 aromatic rings. The maximum absolute atomic E-state index is 12.1. The van der Waals surface area contributed by atoms with Crippen molar-refractivity contribution in [2.75, 3.05) is 19.6 Å². The number of benzene rings is 1. The van der Waals surface area contributed by atoms with Gasteiger partial charge in [0.15, 0.2) is 0 Å². The van der Waals surface area contributed by atoms with Crippen molar-refractivity contribution in [2.24, 2.45) is 5.92 Å². The number of phenols is 1. The third-order valence-electron chi connectivity index (χ3n) is 5.55. The van der Waals surface area contributed by atoms with Crippen molar-refractivity contribution in [2.45, 2.75) is 57.4 Å². The van der Waals surface area contributed by atoms with Crippen LogP contribution in [-0.4, -0.2) is 41.6 Å². The second-order valence-electron chi connectivity index (χ2n) is 7.42. The van der Waals surface area contributed by atoms with E-state index in [1.165, 1.54) is 45.1 Å². The molecule has 0 aromatic heterocycles. The van der Waals surface area contributed by atoms with Gasteiger partial charge in [0.2, 0.25) is 5.91 Å². The van der Waals surface area contributed by atoms with Crippen LogP contribution in [0, 0.1) is 5.92 Å². The zero-order valence-corrected chi connectivity index (χ0v) is 14.5. The Labute approximate surface area is 145 Å². The number of nitrogens with one attached hydrogen (secondary N) is 1. The summed E-state index contributed by atoms with van der Waals surface area (Å²) in [5, 5.41) is 12.6. The highest BCUT2D eigenvalue weighted by atomic mass is 16.3. The molecule has 1 aliphatic heterocycles. The van der Waals surface area contributed by atoms with Crippen LogP contribution >= 0.6 is 0 Å². The molecule has 1 saturated heterocycles. The summed E-state index contributed by atoms with van der Waals surface area (Å²) < 4.78 is 0. The third-order valence-corrected chi connectivity index (χ3v) is 5.55. The van der Waals surface area contributed by atoms with E-state index in [1.807, 2.05) is 12.1 Å². The molecule has 0 bridgehead atoms. The summed E-state index contributed by atoms with van der Waals surface area (Å²) in [4.78, 5) is 14.7. The van der Waals surface area contributed by atoms with Crippen molar-refractivity contribution in [3.8, 4) is 5.75 Å². The number of rotatable bonds is 6. The number of aryl methyl sites for hydroxylation is 1. The van der Waals surface area contributed by atoms with Crippen molar-refractivity contribution >= 4 is 5.91 Å². The monoisotopic (exact) mass is 330 g/mol. The summed E-state index contributed by atoms with van der Waals surface area (Å²) in [5.41, 5.74) is 1.01. The number of nitrogens with zero attached hydrogens (tertiary/aromatic N) is 1. The zero-order valence-electron chi connectivity index (χ0n) is 14.5. The first-order valence-electron chi connectivity index (χ1n) is 9.49. The Morgan fingerprint density at radius 3 is 2.83 bits per heavy atom. The Morgan fingerprint density at radius 2 is 2.04 bits per heavy atom. The SMILES string of the molecule is O=C(CCc1cccc(O)c1)NC[C@H]1CCN(C2CCCCC2)C1. The Morgan fingerprint density at radius 1 is 1.21 bits per heavy atom. The largest absolute Gasteiger partial charge is 0.508 e. The molecule has 2 N–H and O–H groups in total. The second kappa shape index (κ2) is 8.52. The van der Waals surface area contributed by atoms with Gasteiger partial charge in [-0.25, -0.2) is 0 Å². The van der Waals surface area contributed by atoms with Gasteiger partial charge in [-0.3, -0.25) is 4.79 Å². The first kappa shape index (κ1) is 17.3. The summed E-state index contributed by atoms with van der Waals surface area (Å²) in [6, 6.07) is 7.95. The van der Waals surface area contributed by atoms with Crippen LogP contribution in [0.3, 0.4) is 0 Å². The summed E-state index contributed by atoms with van der Waals surface area (Å²) in [6.45, 7) is 3.16. The van der Waals surface area contributed by atoms with E-state index in [9.17, 15) is 9.90 Å². The van der Waals surface area contributed by atoms with Crippen LogP contribution in [0.5, 0.6) is 5.75 Å². The molecule has 2 aliphatic rings. The molecule has 0 spiro atoms. The summed E-state index contributed by atoms with van der Waals surface area (Å²) in [6.07, 6.45) is 9.29. The van der Waals surface area contributed by atoms with Crippen LogP contribution < -0.4 is 5.32 Å². The van der Waals surface area contributed by atoms with E-state index in [0.717, 1.165) is 24.7 Å². The van der Waals surface area contributed by atoms with Gasteiger partial charge in [0, 0.05) is 25.6 Å². The lowest BCUT2D eigenvalue weighted by Gasteiger charge is -2.31. The minimum Gasteiger partial charge on any atom is -0.508 e. The average molecular weight is 330 g/mol. The number of carbonyl (C=O) groups excluding carboxylic acids is 1. The van der Waals surface area contributed by atoms with E-state index in [0.29, 0.717) is 18.8 Å². The lowest BCUT2D eigenvalue weighted by atomic mass is 9.94. The maximum Gasteiger partial charge on any atom is 0.220 e. The van der Waals surface area contributed by atoms with Crippen molar-refractivity contribution in [1.82, 2.24) is 10.2 Å². The first-order chi connectivity index (χ1) is 11.7. The van der Waals surface area contributed by atoms with Gasteiger partial charge in [0.05, 0.1) is 0 Å². The van der Waals surface area contributed by atoms with Crippen LogP contribution in [0.15, 0.2) is 24.3 Å². The van der Waals surface area contributed by atoms with Crippen molar-refractivity contribution in [3.05, 3.63) is 29.8 Å². The number of hydrogen-bond acceptors (Lipinski definition) is 3. The molecule has 1 aliphatic carbocycles. The Kier molecular flexibility index (Phi) is 6.13. The fourth-order valence-electron chi connectivity index (χ4n) is 4.12. The van der Waals surface area contributed by atoms with Crippen LogP contribution in [-0.2, 0) is 11.2 Å². The first-order valence-corrected chi connectivity index (χ1v) is 9.49. The number of carbonyl (C=O) groups is 1. The molecule has 132 valence electrons. The van der Waals surface area contributed by atoms with Gasteiger partial charge >= 0.3 is 0 Å². The van der Waals surface area contributed by atoms with Crippen LogP contribution in [0.1, 0.15) is 50.5 Å². The predicted octanol–water partition coefficient (Wildman–Crippen LogP) is 3.10. The molecule has 24 heavy (non-hydrogen) atoms. The molecule has 1 atom stereocenters. The van der Waals surface area contributed by atoms with E-state index in [-0.39, 0.29) is 11.7 Å².